The molecule has 0 saturated carbocycles. The number of hydrogen-bond donors (Lipinski definition) is 0. The first-order valence-electron chi connectivity index (χ1n) is 5.80. The van der Waals surface area contributed by atoms with E-state index in [0.717, 1.165) is 17.7 Å². The maximum absolute atomic E-state index is 4.47. The molecule has 16 heavy (non-hydrogen) atoms. The van der Waals surface area contributed by atoms with Crippen molar-refractivity contribution in [2.45, 2.75) is 34.1 Å². The van der Waals surface area contributed by atoms with E-state index in [1.807, 2.05) is 19.2 Å². The van der Waals surface area contributed by atoms with Crippen LogP contribution in [0.4, 0.5) is 0 Å². The van der Waals surface area contributed by atoms with Crippen molar-refractivity contribution in [1.82, 2.24) is 0 Å². The van der Waals surface area contributed by atoms with Crippen molar-refractivity contribution in [2.24, 2.45) is 10.9 Å². The number of allylic oxidation sites excluding steroid dienone is 5. The van der Waals surface area contributed by atoms with Gasteiger partial charge in [-0.1, -0.05) is 37.3 Å². The van der Waals surface area contributed by atoms with Gasteiger partial charge in [0.15, 0.2) is 0 Å². The van der Waals surface area contributed by atoms with Crippen LogP contribution in [-0.4, -0.2) is 6.21 Å². The fourth-order valence-corrected chi connectivity index (χ4v) is 1.95. The van der Waals surface area contributed by atoms with Crippen molar-refractivity contribution in [3.8, 4) is 0 Å². The van der Waals surface area contributed by atoms with E-state index in [2.05, 4.69) is 44.5 Å². The zero-order valence-corrected chi connectivity index (χ0v) is 10.7. The molecule has 0 radical (unpaired) electrons. The van der Waals surface area contributed by atoms with Crippen LogP contribution < -0.4 is 0 Å². The number of aliphatic imine (C=N–C) groups is 1. The predicted octanol–water partition coefficient (Wildman–Crippen LogP) is 4.45. The predicted molar refractivity (Wildman–Crippen MR) is 72.7 cm³/mol. The number of nitrogens with zero attached hydrogens (tertiary/aromatic N) is 1. The second-order valence-corrected chi connectivity index (χ2v) is 4.36. The second-order valence-electron chi connectivity index (χ2n) is 4.36. The molecule has 0 aromatic heterocycles. The average molecular weight is 215 g/mol. The van der Waals surface area contributed by atoms with Crippen molar-refractivity contribution < 1.29 is 0 Å². The Labute approximate surface area is 99.0 Å². The summed E-state index contributed by atoms with van der Waals surface area (Å²) in [6.45, 7) is 12.3. The van der Waals surface area contributed by atoms with Crippen molar-refractivity contribution >= 4 is 6.21 Å². The van der Waals surface area contributed by atoms with Crippen LogP contribution in [0.5, 0.6) is 0 Å². The molecule has 86 valence electrons. The fraction of sp³-hybridized carbons (Fsp3) is 0.400. The van der Waals surface area contributed by atoms with Crippen LogP contribution in [0.15, 0.2) is 52.2 Å². The molecule has 1 heteroatoms. The second kappa shape index (κ2) is 5.64. The molecule has 0 spiro atoms. The Morgan fingerprint density at radius 3 is 2.75 bits per heavy atom. The highest BCUT2D eigenvalue weighted by Gasteiger charge is 2.13. The van der Waals surface area contributed by atoms with Gasteiger partial charge in [-0.05, 0) is 44.3 Å². The van der Waals surface area contributed by atoms with E-state index in [0.29, 0.717) is 5.92 Å². The van der Waals surface area contributed by atoms with Crippen LogP contribution in [0.25, 0.3) is 0 Å². The molecule has 1 nitrogen and oxygen atoms in total. The third kappa shape index (κ3) is 2.82. The quantitative estimate of drug-likeness (QED) is 0.487. The summed E-state index contributed by atoms with van der Waals surface area (Å²) in [5.41, 5.74) is 4.86. The Balaban J connectivity index is 3.21. The van der Waals surface area contributed by atoms with E-state index in [9.17, 15) is 0 Å². The maximum Gasteiger partial charge on any atom is 0.0726 e. The molecule has 0 saturated heterocycles. The average Bonchev–Trinajstić information content (AvgIpc) is 2.26. The Morgan fingerprint density at radius 2 is 2.25 bits per heavy atom. The zero-order chi connectivity index (χ0) is 12.1. The van der Waals surface area contributed by atoms with Crippen LogP contribution in [-0.2, 0) is 0 Å². The molecule has 1 atom stereocenters. The van der Waals surface area contributed by atoms with Crippen LogP contribution in [0, 0.1) is 5.92 Å². The lowest BCUT2D eigenvalue weighted by molar-refractivity contribution is 0.700. The van der Waals surface area contributed by atoms with Crippen molar-refractivity contribution in [3.05, 3.63) is 47.2 Å². The van der Waals surface area contributed by atoms with Crippen LogP contribution in [0.2, 0.25) is 0 Å². The van der Waals surface area contributed by atoms with Gasteiger partial charge in [-0.15, -0.1) is 0 Å². The lowest BCUT2D eigenvalue weighted by Gasteiger charge is -2.18. The first kappa shape index (κ1) is 12.7. The molecule has 0 N–H and O–H groups in total. The highest BCUT2D eigenvalue weighted by atomic mass is 14.7. The number of hydrogen-bond acceptors (Lipinski definition) is 1. The van der Waals surface area contributed by atoms with Crippen LogP contribution >= 0.6 is 0 Å². The molecule has 0 fully saturated rings. The van der Waals surface area contributed by atoms with E-state index < -0.39 is 0 Å². The van der Waals surface area contributed by atoms with Gasteiger partial charge in [-0.25, -0.2) is 0 Å². The minimum atomic E-state index is 0.639. The molecular formula is C15H21N. The highest BCUT2D eigenvalue weighted by molar-refractivity contribution is 5.60. The first-order chi connectivity index (χ1) is 7.60. The summed E-state index contributed by atoms with van der Waals surface area (Å²) < 4.78 is 0. The molecule has 1 rings (SSSR count). The molecular weight excluding hydrogens is 194 g/mol. The van der Waals surface area contributed by atoms with Crippen molar-refractivity contribution in [2.75, 3.05) is 0 Å². The Hall–Kier alpha value is -1.37. The van der Waals surface area contributed by atoms with Gasteiger partial charge in [0.2, 0.25) is 0 Å². The molecule has 1 aliphatic rings. The van der Waals surface area contributed by atoms with Gasteiger partial charge in [0.1, 0.15) is 0 Å². The van der Waals surface area contributed by atoms with E-state index in [1.54, 1.807) is 0 Å². The van der Waals surface area contributed by atoms with Gasteiger partial charge >= 0.3 is 0 Å². The first-order valence-corrected chi connectivity index (χ1v) is 5.80. The van der Waals surface area contributed by atoms with E-state index in [1.165, 1.54) is 11.1 Å². The lowest BCUT2D eigenvalue weighted by atomic mass is 9.89. The molecule has 0 amide bonds. The summed E-state index contributed by atoms with van der Waals surface area (Å²) in [7, 11) is 0. The standard InChI is InChI=1S/C15H21N/c1-6-12(4)15(16-7-2)14-9-8-11(3)10-13(14)5/h6-9,11H,1,10H2,2-5H3/b15-12-,16-7-. The topological polar surface area (TPSA) is 12.4 Å². The monoisotopic (exact) mass is 215 g/mol. The summed E-state index contributed by atoms with van der Waals surface area (Å²) in [4.78, 5) is 4.47. The van der Waals surface area contributed by atoms with Crippen molar-refractivity contribution in [1.29, 1.82) is 0 Å². The van der Waals surface area contributed by atoms with E-state index >= 15 is 0 Å². The molecule has 0 bridgehead atoms. The normalized spacial score (nSPS) is 22.6. The Bertz CT molecular complexity index is 392. The largest absolute Gasteiger partial charge is 0.261 e. The minimum absolute atomic E-state index is 0.639. The summed E-state index contributed by atoms with van der Waals surface area (Å²) in [5, 5.41) is 0. The third-order valence-corrected chi connectivity index (χ3v) is 2.87. The summed E-state index contributed by atoms with van der Waals surface area (Å²) >= 11 is 0. The molecule has 1 unspecified atom stereocenters. The highest BCUT2D eigenvalue weighted by Crippen LogP contribution is 2.29. The summed E-state index contributed by atoms with van der Waals surface area (Å²) in [5.74, 6) is 0.639. The molecule has 0 heterocycles. The third-order valence-electron chi connectivity index (χ3n) is 2.87. The SMILES string of the molecule is C=C/C(C)=C(\N=C/C)C1=C(C)CC(C)C=C1. The van der Waals surface area contributed by atoms with Crippen molar-refractivity contribution in [3.63, 3.8) is 0 Å². The Morgan fingerprint density at radius 1 is 1.56 bits per heavy atom. The summed E-state index contributed by atoms with van der Waals surface area (Å²) in [6.07, 6.45) is 9.28. The summed E-state index contributed by atoms with van der Waals surface area (Å²) in [6, 6.07) is 0. The van der Waals surface area contributed by atoms with Gasteiger partial charge in [0.05, 0.1) is 5.70 Å². The minimum Gasteiger partial charge on any atom is -0.261 e. The number of rotatable bonds is 3. The van der Waals surface area contributed by atoms with Crippen LogP contribution in [0.3, 0.4) is 0 Å². The van der Waals surface area contributed by atoms with Gasteiger partial charge in [0.25, 0.3) is 0 Å². The van der Waals surface area contributed by atoms with Gasteiger partial charge in [-0.3, -0.25) is 4.99 Å². The zero-order valence-electron chi connectivity index (χ0n) is 10.7. The van der Waals surface area contributed by atoms with Crippen LogP contribution in [0.1, 0.15) is 34.1 Å². The van der Waals surface area contributed by atoms with E-state index in [-0.39, 0.29) is 0 Å². The molecule has 0 aromatic carbocycles. The van der Waals surface area contributed by atoms with Gasteiger partial charge in [0, 0.05) is 6.21 Å². The maximum atomic E-state index is 4.47. The Kier molecular flexibility index (Phi) is 4.48. The van der Waals surface area contributed by atoms with E-state index in [4.69, 9.17) is 0 Å². The van der Waals surface area contributed by atoms with Gasteiger partial charge in [-0.2, -0.15) is 0 Å². The smallest absolute Gasteiger partial charge is 0.0726 e. The molecule has 1 aliphatic carbocycles. The lowest BCUT2D eigenvalue weighted by Crippen LogP contribution is -2.02. The molecule has 0 aliphatic heterocycles. The fourth-order valence-electron chi connectivity index (χ4n) is 1.95. The molecule has 0 aromatic rings. The van der Waals surface area contributed by atoms with Gasteiger partial charge < -0.3 is 0 Å².